The number of benzene rings is 2. The summed E-state index contributed by atoms with van der Waals surface area (Å²) in [6, 6.07) is 10.4. The van der Waals surface area contributed by atoms with E-state index in [0.717, 1.165) is 11.3 Å². The van der Waals surface area contributed by atoms with Gasteiger partial charge >= 0.3 is 6.03 Å². The third-order valence-electron chi connectivity index (χ3n) is 3.49. The van der Waals surface area contributed by atoms with Crippen molar-refractivity contribution in [1.82, 2.24) is 0 Å². The predicted octanol–water partition coefficient (Wildman–Crippen LogP) is 4.45. The lowest BCUT2D eigenvalue weighted by molar-refractivity contribution is 0.262. The summed E-state index contributed by atoms with van der Waals surface area (Å²) in [7, 11) is 1.61. The molecule has 0 aliphatic heterocycles. The van der Waals surface area contributed by atoms with Crippen LogP contribution in [0, 0.1) is 6.92 Å². The molecule has 0 radical (unpaired) electrons. The van der Waals surface area contributed by atoms with Gasteiger partial charge in [-0.05, 0) is 56.7 Å². The van der Waals surface area contributed by atoms with Gasteiger partial charge in [0, 0.05) is 11.8 Å². The van der Waals surface area contributed by atoms with E-state index in [1.54, 1.807) is 31.4 Å². The molecule has 0 saturated heterocycles. The Labute approximate surface area is 148 Å². The van der Waals surface area contributed by atoms with E-state index in [4.69, 9.17) is 14.2 Å². The first-order valence-corrected chi connectivity index (χ1v) is 8.19. The molecule has 2 N–H and O–H groups in total. The van der Waals surface area contributed by atoms with Crippen LogP contribution in [0.1, 0.15) is 19.4 Å². The molecule has 0 bridgehead atoms. The van der Waals surface area contributed by atoms with E-state index in [0.29, 0.717) is 36.1 Å². The van der Waals surface area contributed by atoms with Crippen molar-refractivity contribution in [1.29, 1.82) is 0 Å². The highest BCUT2D eigenvalue weighted by atomic mass is 16.5. The standard InChI is InChI=1S/C19H24N2O4/c1-5-24-15-8-10-18(25-6-2)17(12-15)21-19(22)20-16-9-7-14(23-4)11-13(16)3/h7-12H,5-6H2,1-4H3,(H2,20,21,22). The lowest BCUT2D eigenvalue weighted by atomic mass is 10.2. The second-order valence-electron chi connectivity index (χ2n) is 5.28. The number of urea groups is 1. The van der Waals surface area contributed by atoms with Crippen molar-refractivity contribution in [2.75, 3.05) is 31.0 Å². The molecule has 2 amide bonds. The van der Waals surface area contributed by atoms with E-state index in [2.05, 4.69) is 10.6 Å². The summed E-state index contributed by atoms with van der Waals surface area (Å²) in [5, 5.41) is 5.64. The van der Waals surface area contributed by atoms with Crippen LogP contribution < -0.4 is 24.8 Å². The van der Waals surface area contributed by atoms with Gasteiger partial charge in [-0.25, -0.2) is 4.79 Å². The summed E-state index contributed by atoms with van der Waals surface area (Å²) in [5.41, 5.74) is 2.16. The molecular formula is C19H24N2O4. The molecule has 2 aromatic rings. The maximum atomic E-state index is 12.4. The Morgan fingerprint density at radius 2 is 1.60 bits per heavy atom. The van der Waals surface area contributed by atoms with E-state index >= 15 is 0 Å². The average Bonchev–Trinajstić information content (AvgIpc) is 2.59. The molecule has 0 aliphatic carbocycles. The number of carbonyl (C=O) groups excluding carboxylic acids is 1. The predicted molar refractivity (Wildman–Crippen MR) is 99.2 cm³/mol. The quantitative estimate of drug-likeness (QED) is 0.779. The van der Waals surface area contributed by atoms with Crippen molar-refractivity contribution >= 4 is 17.4 Å². The topological polar surface area (TPSA) is 68.8 Å². The average molecular weight is 344 g/mol. The van der Waals surface area contributed by atoms with Crippen molar-refractivity contribution in [3.05, 3.63) is 42.0 Å². The van der Waals surface area contributed by atoms with Gasteiger partial charge in [-0.15, -0.1) is 0 Å². The van der Waals surface area contributed by atoms with Crippen LogP contribution in [0.2, 0.25) is 0 Å². The van der Waals surface area contributed by atoms with Crippen molar-refractivity contribution in [2.24, 2.45) is 0 Å². The molecule has 0 heterocycles. The van der Waals surface area contributed by atoms with Crippen LogP contribution in [0.4, 0.5) is 16.2 Å². The van der Waals surface area contributed by atoms with E-state index in [-0.39, 0.29) is 6.03 Å². The second kappa shape index (κ2) is 8.82. The van der Waals surface area contributed by atoms with Crippen LogP contribution in [-0.2, 0) is 0 Å². The lowest BCUT2D eigenvalue weighted by Crippen LogP contribution is -2.20. The highest BCUT2D eigenvalue weighted by Crippen LogP contribution is 2.30. The summed E-state index contributed by atoms with van der Waals surface area (Å²) in [5.74, 6) is 2.00. The molecule has 2 rings (SSSR count). The Hall–Kier alpha value is -2.89. The molecule has 0 aliphatic rings. The molecule has 0 fully saturated rings. The minimum Gasteiger partial charge on any atom is -0.497 e. The molecule has 0 unspecified atom stereocenters. The van der Waals surface area contributed by atoms with Gasteiger partial charge in [-0.2, -0.15) is 0 Å². The summed E-state index contributed by atoms with van der Waals surface area (Å²) in [6.45, 7) is 6.75. The third kappa shape index (κ3) is 5.04. The third-order valence-corrected chi connectivity index (χ3v) is 3.49. The Kier molecular flexibility index (Phi) is 6.51. The lowest BCUT2D eigenvalue weighted by Gasteiger charge is -2.15. The van der Waals surface area contributed by atoms with Gasteiger partial charge in [-0.1, -0.05) is 0 Å². The molecule has 0 saturated carbocycles. The normalized spacial score (nSPS) is 10.1. The first-order valence-electron chi connectivity index (χ1n) is 8.19. The zero-order chi connectivity index (χ0) is 18.2. The Morgan fingerprint density at radius 3 is 2.24 bits per heavy atom. The number of anilines is 2. The highest BCUT2D eigenvalue weighted by molar-refractivity contribution is 6.01. The van der Waals surface area contributed by atoms with Crippen LogP contribution >= 0.6 is 0 Å². The van der Waals surface area contributed by atoms with Crippen LogP contribution in [0.15, 0.2) is 36.4 Å². The van der Waals surface area contributed by atoms with E-state index < -0.39 is 0 Å². The molecule has 134 valence electrons. The minimum absolute atomic E-state index is 0.358. The maximum absolute atomic E-state index is 12.4. The minimum atomic E-state index is -0.358. The van der Waals surface area contributed by atoms with E-state index in [9.17, 15) is 4.79 Å². The zero-order valence-electron chi connectivity index (χ0n) is 15.0. The van der Waals surface area contributed by atoms with Crippen molar-refractivity contribution in [2.45, 2.75) is 20.8 Å². The Morgan fingerprint density at radius 1 is 0.920 bits per heavy atom. The number of hydrogen-bond donors (Lipinski definition) is 2. The highest BCUT2D eigenvalue weighted by Gasteiger charge is 2.11. The number of amides is 2. The number of carbonyl (C=O) groups is 1. The molecule has 0 spiro atoms. The fourth-order valence-corrected chi connectivity index (χ4v) is 2.32. The molecule has 0 aromatic heterocycles. The largest absolute Gasteiger partial charge is 0.497 e. The number of ether oxygens (including phenoxy) is 3. The van der Waals surface area contributed by atoms with Crippen LogP contribution in [-0.4, -0.2) is 26.4 Å². The second-order valence-corrected chi connectivity index (χ2v) is 5.28. The molecule has 25 heavy (non-hydrogen) atoms. The van der Waals surface area contributed by atoms with Crippen molar-refractivity contribution in [3.8, 4) is 17.2 Å². The molecular weight excluding hydrogens is 320 g/mol. The maximum Gasteiger partial charge on any atom is 0.323 e. The van der Waals surface area contributed by atoms with Gasteiger partial charge < -0.3 is 24.8 Å². The summed E-state index contributed by atoms with van der Waals surface area (Å²) < 4.78 is 16.2. The fraction of sp³-hybridized carbons (Fsp3) is 0.316. The van der Waals surface area contributed by atoms with Gasteiger partial charge in [0.15, 0.2) is 0 Å². The first-order chi connectivity index (χ1) is 12.1. The Balaban J connectivity index is 2.14. The van der Waals surface area contributed by atoms with Gasteiger partial charge in [0.05, 0.1) is 26.0 Å². The van der Waals surface area contributed by atoms with E-state index in [1.807, 2.05) is 32.9 Å². The van der Waals surface area contributed by atoms with Crippen LogP contribution in [0.5, 0.6) is 17.2 Å². The smallest absolute Gasteiger partial charge is 0.323 e. The summed E-state index contributed by atoms with van der Waals surface area (Å²) in [4.78, 5) is 12.4. The molecule has 6 heteroatoms. The number of nitrogens with one attached hydrogen (secondary N) is 2. The van der Waals surface area contributed by atoms with Gasteiger partial charge in [-0.3, -0.25) is 0 Å². The number of rotatable bonds is 7. The number of aryl methyl sites for hydroxylation is 1. The zero-order valence-corrected chi connectivity index (χ0v) is 15.0. The monoisotopic (exact) mass is 344 g/mol. The SMILES string of the molecule is CCOc1ccc(OCC)c(NC(=O)Nc2ccc(OC)cc2C)c1. The van der Waals surface area contributed by atoms with Crippen LogP contribution in [0.3, 0.4) is 0 Å². The first kappa shape index (κ1) is 18.4. The summed E-state index contributed by atoms with van der Waals surface area (Å²) >= 11 is 0. The molecule has 0 atom stereocenters. The molecule has 2 aromatic carbocycles. The van der Waals surface area contributed by atoms with Gasteiger partial charge in [0.2, 0.25) is 0 Å². The van der Waals surface area contributed by atoms with Crippen molar-refractivity contribution in [3.63, 3.8) is 0 Å². The van der Waals surface area contributed by atoms with Gasteiger partial charge in [0.1, 0.15) is 17.2 Å². The number of hydrogen-bond acceptors (Lipinski definition) is 4. The van der Waals surface area contributed by atoms with Crippen LogP contribution in [0.25, 0.3) is 0 Å². The Bertz CT molecular complexity index is 731. The fourth-order valence-electron chi connectivity index (χ4n) is 2.32. The molecule has 6 nitrogen and oxygen atoms in total. The van der Waals surface area contributed by atoms with Gasteiger partial charge in [0.25, 0.3) is 0 Å². The van der Waals surface area contributed by atoms with E-state index in [1.165, 1.54) is 0 Å². The number of methoxy groups -OCH3 is 1. The van der Waals surface area contributed by atoms with Crippen molar-refractivity contribution < 1.29 is 19.0 Å². The summed E-state index contributed by atoms with van der Waals surface area (Å²) in [6.07, 6.45) is 0.